The number of rotatable bonds is 8. The van der Waals surface area contributed by atoms with Crippen molar-refractivity contribution in [2.45, 2.75) is 27.7 Å². The first-order valence-corrected chi connectivity index (χ1v) is 23.1. The van der Waals surface area contributed by atoms with Gasteiger partial charge in [0.05, 0.1) is 46.3 Å². The minimum atomic E-state index is 0.537. The van der Waals surface area contributed by atoms with E-state index in [2.05, 4.69) is 158 Å². The molecule has 0 aliphatic carbocycles. The second-order valence-corrected chi connectivity index (χ2v) is 17.9. The Morgan fingerprint density at radius 1 is 0.435 bits per heavy atom. The minimum Gasteiger partial charge on any atom is -0.308 e. The Labute approximate surface area is 402 Å². The van der Waals surface area contributed by atoms with E-state index >= 15 is 0 Å². The normalized spacial score (nSPS) is 11.2. The molecule has 0 atom stereocenters. The molecule has 0 saturated heterocycles. The topological polar surface area (TPSA) is 58.9 Å². The number of nitrogens with zero attached hydrogens (tertiary/aromatic N) is 5. The van der Waals surface area contributed by atoms with Gasteiger partial charge in [-0.2, -0.15) is 5.26 Å². The van der Waals surface area contributed by atoms with Crippen molar-refractivity contribution >= 4 is 27.5 Å². The van der Waals surface area contributed by atoms with Crippen molar-refractivity contribution in [1.82, 2.24) is 14.5 Å². The van der Waals surface area contributed by atoms with E-state index < -0.39 is 0 Å². The van der Waals surface area contributed by atoms with Crippen LogP contribution in [0.5, 0.6) is 0 Å². The lowest BCUT2D eigenvalue weighted by molar-refractivity contribution is 1.17. The number of benzene rings is 9. The van der Waals surface area contributed by atoms with Gasteiger partial charge in [0.1, 0.15) is 0 Å². The number of fused-ring (bicyclic) bond motifs is 3. The number of nitriles is 1. The summed E-state index contributed by atoms with van der Waals surface area (Å²) >= 11 is 0. The zero-order chi connectivity index (χ0) is 47.2. The van der Waals surface area contributed by atoms with E-state index in [1.165, 1.54) is 33.4 Å². The lowest BCUT2D eigenvalue weighted by atomic mass is 9.90. The predicted octanol–water partition coefficient (Wildman–Crippen LogP) is 16.9. The van der Waals surface area contributed by atoms with E-state index in [0.717, 1.165) is 89.0 Å². The summed E-state index contributed by atoms with van der Waals surface area (Å²) < 4.78 is 2.39. The molecule has 5 heteroatoms. The zero-order valence-electron chi connectivity index (χ0n) is 38.8. The van der Waals surface area contributed by atoms with Gasteiger partial charge < -0.3 is 4.57 Å². The van der Waals surface area contributed by atoms with Crippen LogP contribution in [0.4, 0.5) is 5.69 Å². The zero-order valence-corrected chi connectivity index (χ0v) is 38.8. The Balaban J connectivity index is 1.27. The maximum Gasteiger partial charge on any atom is 0.187 e. The van der Waals surface area contributed by atoms with Gasteiger partial charge in [-0.1, -0.05) is 151 Å². The molecule has 2 aromatic heterocycles. The number of hydrogen-bond acceptors (Lipinski definition) is 3. The molecule has 0 radical (unpaired) electrons. The molecular weight excluding hydrogens is 839 g/mol. The van der Waals surface area contributed by atoms with Crippen LogP contribution in [0.15, 0.2) is 200 Å². The van der Waals surface area contributed by atoms with Crippen molar-refractivity contribution < 1.29 is 0 Å². The van der Waals surface area contributed by atoms with Gasteiger partial charge in [0.25, 0.3) is 0 Å². The molecule has 326 valence electrons. The first-order chi connectivity index (χ1) is 33.7. The molecule has 11 rings (SSSR count). The summed E-state index contributed by atoms with van der Waals surface area (Å²) in [5.74, 6) is 0.613. The van der Waals surface area contributed by atoms with Crippen LogP contribution < -0.4 is 0 Å². The van der Waals surface area contributed by atoms with Gasteiger partial charge >= 0.3 is 0 Å². The highest BCUT2D eigenvalue weighted by Gasteiger charge is 2.24. The Morgan fingerprint density at radius 2 is 0.942 bits per heavy atom. The lowest BCUT2D eigenvalue weighted by Crippen LogP contribution is -2.03. The second-order valence-electron chi connectivity index (χ2n) is 17.9. The molecule has 11 aromatic rings. The largest absolute Gasteiger partial charge is 0.308 e. The minimum absolute atomic E-state index is 0.537. The molecule has 0 bridgehead atoms. The molecule has 0 amide bonds. The van der Waals surface area contributed by atoms with E-state index in [9.17, 15) is 5.26 Å². The second kappa shape index (κ2) is 17.6. The monoisotopic (exact) mass is 883 g/mol. The quantitative estimate of drug-likeness (QED) is 0.143. The van der Waals surface area contributed by atoms with Gasteiger partial charge in [0.2, 0.25) is 0 Å². The maximum absolute atomic E-state index is 10.4. The highest BCUT2D eigenvalue weighted by atomic mass is 15.0. The Kier molecular flexibility index (Phi) is 10.8. The van der Waals surface area contributed by atoms with Crippen LogP contribution in [0.25, 0.3) is 111 Å². The predicted molar refractivity (Wildman–Crippen MR) is 284 cm³/mol. The van der Waals surface area contributed by atoms with Gasteiger partial charge in [-0.15, -0.1) is 0 Å². The van der Waals surface area contributed by atoms with E-state index in [1.54, 1.807) is 0 Å². The van der Waals surface area contributed by atoms with Crippen LogP contribution in [0.1, 0.15) is 27.8 Å². The Morgan fingerprint density at radius 3 is 1.49 bits per heavy atom. The summed E-state index contributed by atoms with van der Waals surface area (Å²) in [7, 11) is 0. The van der Waals surface area contributed by atoms with Gasteiger partial charge in [0.15, 0.2) is 11.5 Å². The maximum atomic E-state index is 10.4. The van der Waals surface area contributed by atoms with Crippen LogP contribution in [0.2, 0.25) is 0 Å². The van der Waals surface area contributed by atoms with Crippen LogP contribution in [-0.2, 0) is 0 Å². The number of aromatic nitrogens is 3. The fourth-order valence-corrected chi connectivity index (χ4v) is 9.91. The Hall–Kier alpha value is -9.16. The van der Waals surface area contributed by atoms with E-state index in [0.29, 0.717) is 17.1 Å². The Bertz CT molecular complexity index is 3660. The first kappa shape index (κ1) is 42.5. The molecule has 2 heterocycles. The highest BCUT2D eigenvalue weighted by Crippen LogP contribution is 2.46. The van der Waals surface area contributed by atoms with Crippen LogP contribution in [0.3, 0.4) is 0 Å². The summed E-state index contributed by atoms with van der Waals surface area (Å²) in [5, 5.41) is 12.6. The van der Waals surface area contributed by atoms with Crippen molar-refractivity contribution in [2.24, 2.45) is 0 Å². The van der Waals surface area contributed by atoms with Crippen LogP contribution in [0, 0.1) is 45.6 Å². The van der Waals surface area contributed by atoms with Crippen molar-refractivity contribution in [2.75, 3.05) is 0 Å². The molecule has 5 nitrogen and oxygen atoms in total. The fraction of sp³-hybridized carbons (Fsp3) is 0.0625. The molecule has 0 fully saturated rings. The molecule has 0 unspecified atom stereocenters. The SMILES string of the molecule is [C-]#[N+]c1cccc(-c2cc(-c3cc(-c4ccccc4)nc(-c4ccccc4)n3)cc(-c3cccc(C#N)c3)c2-n2c3ccc(-c4ccc(C)cc4C)cc3c3cc(-c4ccc(C)cc4C)ccc32)c1. The summed E-state index contributed by atoms with van der Waals surface area (Å²) in [6, 6.07) is 71.9. The summed E-state index contributed by atoms with van der Waals surface area (Å²) in [4.78, 5) is 14.3. The molecule has 0 aliphatic rings. The van der Waals surface area contributed by atoms with Gasteiger partial charge in [-0.3, -0.25) is 0 Å². The summed E-state index contributed by atoms with van der Waals surface area (Å²) in [6.07, 6.45) is 0. The summed E-state index contributed by atoms with van der Waals surface area (Å²) in [6.45, 7) is 16.8. The third kappa shape index (κ3) is 7.93. The van der Waals surface area contributed by atoms with Crippen molar-refractivity contribution in [3.63, 3.8) is 0 Å². The average Bonchev–Trinajstić information content (AvgIpc) is 3.71. The third-order valence-corrected chi connectivity index (χ3v) is 13.2. The van der Waals surface area contributed by atoms with Crippen LogP contribution >= 0.6 is 0 Å². The number of hydrogen-bond donors (Lipinski definition) is 0. The molecule has 0 aliphatic heterocycles. The lowest BCUT2D eigenvalue weighted by Gasteiger charge is -2.22. The van der Waals surface area contributed by atoms with Crippen molar-refractivity contribution in [3.05, 3.63) is 239 Å². The van der Waals surface area contributed by atoms with Crippen molar-refractivity contribution in [3.8, 4) is 90.2 Å². The highest BCUT2D eigenvalue weighted by molar-refractivity contribution is 6.13. The molecule has 0 N–H and O–H groups in total. The van der Waals surface area contributed by atoms with Crippen molar-refractivity contribution in [1.29, 1.82) is 5.26 Å². The number of aryl methyl sites for hydroxylation is 4. The molecule has 9 aromatic carbocycles. The standard InChI is InChI=1S/C64H45N5/c1-40-22-26-53(42(3)30-40)49-24-28-61-57(34-49)58-35-50(54-27-23-41(2)31-43(54)4)25-29-62(58)69(61)63-55(47-19-12-14-44(32-47)39-65)36-51(37-56(63)48-20-13-21-52(33-48)66-5)60-38-59(45-15-8-6-9-16-45)67-64(68-60)46-17-10-7-11-18-46/h6-38H,1-4H3. The molecular formula is C64H45N5. The van der Waals surface area contributed by atoms with Crippen LogP contribution in [-0.4, -0.2) is 14.5 Å². The first-order valence-electron chi connectivity index (χ1n) is 23.1. The van der Waals surface area contributed by atoms with Gasteiger partial charge in [0, 0.05) is 38.6 Å². The molecule has 69 heavy (non-hydrogen) atoms. The van der Waals surface area contributed by atoms with Gasteiger partial charge in [-0.05, 0) is 133 Å². The van der Waals surface area contributed by atoms with Gasteiger partial charge in [-0.25, -0.2) is 14.8 Å². The van der Waals surface area contributed by atoms with E-state index in [4.69, 9.17) is 16.5 Å². The summed E-state index contributed by atoms with van der Waals surface area (Å²) in [5.41, 5.74) is 21.5. The van der Waals surface area contributed by atoms with E-state index in [1.807, 2.05) is 84.9 Å². The smallest absolute Gasteiger partial charge is 0.187 e. The fourth-order valence-electron chi connectivity index (χ4n) is 9.91. The molecule has 0 saturated carbocycles. The molecule has 0 spiro atoms. The average molecular weight is 884 g/mol. The third-order valence-electron chi connectivity index (χ3n) is 13.2. The van der Waals surface area contributed by atoms with E-state index in [-0.39, 0.29) is 0 Å².